The van der Waals surface area contributed by atoms with Gasteiger partial charge in [-0.15, -0.1) is 0 Å². The van der Waals surface area contributed by atoms with E-state index in [-0.39, 0.29) is 0 Å². The Balaban J connectivity index is 1.86. The molecule has 2 heterocycles. The molecule has 0 aliphatic carbocycles. The summed E-state index contributed by atoms with van der Waals surface area (Å²) >= 11 is 5.10. The molecule has 0 unspecified atom stereocenters. The van der Waals surface area contributed by atoms with E-state index in [0.29, 0.717) is 0 Å². The molecule has 6 heteroatoms. The molecule has 1 nitrogen and oxygen atoms in total. The fourth-order valence-electron chi connectivity index (χ4n) is 3.52. The summed E-state index contributed by atoms with van der Waals surface area (Å²) in [5, 5.41) is 0.968. The van der Waals surface area contributed by atoms with E-state index in [9.17, 15) is 4.19 Å². The molecule has 0 aliphatic heterocycles. The van der Waals surface area contributed by atoms with Crippen molar-refractivity contribution in [3.8, 4) is 9.75 Å². The van der Waals surface area contributed by atoms with Crippen molar-refractivity contribution < 1.29 is 4.19 Å². The Morgan fingerprint density at radius 1 is 0.914 bits per heavy atom. The number of hydrogen-bond acceptors (Lipinski definition) is 5. The third-order valence-electron chi connectivity index (χ3n) is 5.40. The summed E-state index contributed by atoms with van der Waals surface area (Å²) in [7, 11) is 0. The number of thiophene rings is 2. The Morgan fingerprint density at radius 2 is 1.63 bits per heavy atom. The number of allylic oxidation sites excluding steroid dienone is 4. The average Bonchev–Trinajstić information content (AvgIpc) is 3.45. The number of thioether (sulfide) groups is 2. The molecule has 0 aromatic carbocycles. The van der Waals surface area contributed by atoms with Gasteiger partial charge in [0, 0.05) is 9.78 Å². The Labute approximate surface area is 233 Å². The van der Waals surface area contributed by atoms with Crippen LogP contribution in [0.4, 0.5) is 0 Å². The van der Waals surface area contributed by atoms with Crippen LogP contribution in [0.5, 0.6) is 0 Å². The maximum absolute atomic E-state index is 10.1. The summed E-state index contributed by atoms with van der Waals surface area (Å²) in [6.45, 7) is 17.2. The van der Waals surface area contributed by atoms with Gasteiger partial charge in [0.25, 0.3) is 0 Å². The van der Waals surface area contributed by atoms with Crippen molar-refractivity contribution in [3.05, 3.63) is 74.5 Å². The van der Waals surface area contributed by atoms with Crippen LogP contribution in [0.1, 0.15) is 68.5 Å². The Bertz CT molecular complexity index is 1010. The van der Waals surface area contributed by atoms with Crippen LogP contribution in [-0.2, 0) is 6.42 Å². The average molecular weight is 614 g/mol. The van der Waals surface area contributed by atoms with E-state index >= 15 is 0 Å². The molecule has 2 aromatic rings. The van der Waals surface area contributed by atoms with E-state index in [1.54, 1.807) is 23.5 Å². The maximum atomic E-state index is 10.1. The summed E-state index contributed by atoms with van der Waals surface area (Å²) in [5.41, 5.74) is 0. The molecule has 0 saturated heterocycles. The minimum atomic E-state index is -2.13. The molecular formula is C29H42OS4Se. The van der Waals surface area contributed by atoms with Crippen molar-refractivity contribution in [3.63, 3.8) is 0 Å². The van der Waals surface area contributed by atoms with Crippen LogP contribution in [0.2, 0.25) is 17.0 Å². The minimum absolute atomic E-state index is 0.895. The Hall–Kier alpha value is -0.461. The van der Waals surface area contributed by atoms with E-state index < -0.39 is 13.2 Å². The van der Waals surface area contributed by atoms with Crippen LogP contribution >= 0.6 is 46.2 Å². The van der Waals surface area contributed by atoms with Gasteiger partial charge in [0.2, 0.25) is 0 Å². The van der Waals surface area contributed by atoms with Crippen LogP contribution in [0.25, 0.3) is 14.7 Å². The van der Waals surface area contributed by atoms with Gasteiger partial charge in [-0.1, -0.05) is 51.1 Å². The molecule has 0 aliphatic rings. The molecule has 0 fully saturated rings. The van der Waals surface area contributed by atoms with Gasteiger partial charge in [0.1, 0.15) is 0 Å². The third kappa shape index (κ3) is 12.1. The van der Waals surface area contributed by atoms with E-state index in [1.807, 2.05) is 34.3 Å². The van der Waals surface area contributed by atoms with Crippen LogP contribution in [-0.4, -0.2) is 17.4 Å². The molecule has 0 atom stereocenters. The summed E-state index contributed by atoms with van der Waals surface area (Å²) in [4.78, 5) is 10.1. The first kappa shape index (κ1) is 30.8. The van der Waals surface area contributed by atoms with Crippen molar-refractivity contribution in [2.75, 3.05) is 0 Å². The molecule has 2 rings (SSSR count). The second kappa shape index (κ2) is 15.7. The first-order chi connectivity index (χ1) is 16.6. The summed E-state index contributed by atoms with van der Waals surface area (Å²) in [6.07, 6.45) is 11.3. The third-order valence-corrected chi connectivity index (χ3v) is 12.7. The molecule has 2 aromatic heterocycles. The predicted octanol–water partition coefficient (Wildman–Crippen LogP) is 11.3. The van der Waals surface area contributed by atoms with Crippen molar-refractivity contribution in [1.82, 2.24) is 0 Å². The van der Waals surface area contributed by atoms with Gasteiger partial charge >= 0.3 is 150 Å². The fraction of sp³-hybridized carbons (Fsp3) is 0.448. The van der Waals surface area contributed by atoms with Crippen LogP contribution in [0, 0.1) is 0 Å². The molecule has 1 N–H and O–H groups in total. The fourth-order valence-corrected chi connectivity index (χ4v) is 9.38. The summed E-state index contributed by atoms with van der Waals surface area (Å²) < 4.78 is 10.1. The first-order valence-corrected chi connectivity index (χ1v) is 21.0. The van der Waals surface area contributed by atoms with Gasteiger partial charge in [-0.3, -0.25) is 0 Å². The van der Waals surface area contributed by atoms with Crippen molar-refractivity contribution >= 4 is 64.3 Å². The van der Waals surface area contributed by atoms with Crippen molar-refractivity contribution in [1.29, 1.82) is 0 Å². The monoisotopic (exact) mass is 614 g/mol. The number of unbranched alkanes of at least 4 members (excludes halogenated alkanes) is 3. The number of rotatable bonds is 17. The van der Waals surface area contributed by atoms with Gasteiger partial charge in [0.15, 0.2) is 0 Å². The van der Waals surface area contributed by atoms with Gasteiger partial charge in [-0.05, 0) is 23.8 Å². The zero-order valence-electron chi connectivity index (χ0n) is 21.9. The van der Waals surface area contributed by atoms with Crippen LogP contribution < -0.4 is 0 Å². The zero-order chi connectivity index (χ0) is 25.8. The number of hydrogen-bond donors (Lipinski definition) is 1. The quantitative estimate of drug-likeness (QED) is 0.142. The molecule has 194 valence electrons. The second-order valence-corrected chi connectivity index (χ2v) is 21.1. The van der Waals surface area contributed by atoms with Crippen LogP contribution in [0.3, 0.4) is 0 Å². The van der Waals surface area contributed by atoms with Crippen molar-refractivity contribution in [2.24, 2.45) is 0 Å². The standard InChI is InChI=1S/C29H42OS4Se/c1-8-10-11-12-14-22(3)31-24(5)27-18-19-29(34-27)28-17-16-26(33-28)21-23(4)32-25(9-2)15-13-20-35(6,7)30/h9,16-19,30H,3-5,8,10-15,20-21H2,1-2,6-7H3/b25-9-. The molecule has 0 spiro atoms. The van der Waals surface area contributed by atoms with Gasteiger partial charge < -0.3 is 0 Å². The van der Waals surface area contributed by atoms with Crippen LogP contribution in [0.15, 0.2) is 64.8 Å². The SMILES string of the molecule is C=C(CCCCCC)SC(=C)c1ccc(-c2ccc(CC(=C)S/C(=C\C)CCC[Se](C)(C)O)s2)s1. The normalized spacial score (nSPS) is 12.7. The van der Waals surface area contributed by atoms with Crippen molar-refractivity contribution in [2.45, 2.75) is 82.2 Å². The van der Waals surface area contributed by atoms with Gasteiger partial charge in [-0.2, -0.15) is 0 Å². The van der Waals surface area contributed by atoms with Gasteiger partial charge in [0.05, 0.1) is 0 Å². The summed E-state index contributed by atoms with van der Waals surface area (Å²) in [5.74, 6) is 4.06. The predicted molar refractivity (Wildman–Crippen MR) is 170 cm³/mol. The molecule has 35 heavy (non-hydrogen) atoms. The Kier molecular flexibility index (Phi) is 13.8. The zero-order valence-corrected chi connectivity index (χ0v) is 26.8. The van der Waals surface area contributed by atoms with E-state index in [1.165, 1.54) is 59.9 Å². The second-order valence-electron chi connectivity index (χ2n) is 9.16. The topological polar surface area (TPSA) is 20.2 Å². The van der Waals surface area contributed by atoms with E-state index in [4.69, 9.17) is 0 Å². The molecular weight excluding hydrogens is 572 g/mol. The first-order valence-electron chi connectivity index (χ1n) is 12.3. The molecule has 0 radical (unpaired) electrons. The van der Waals surface area contributed by atoms with Gasteiger partial charge in [-0.25, -0.2) is 0 Å². The summed E-state index contributed by atoms with van der Waals surface area (Å²) in [6, 6.07) is 8.90. The Morgan fingerprint density at radius 3 is 2.31 bits per heavy atom. The van der Waals surface area contributed by atoms with E-state index in [0.717, 1.165) is 35.9 Å². The molecule has 0 bridgehead atoms. The van der Waals surface area contributed by atoms with E-state index in [2.05, 4.69) is 63.9 Å². The molecule has 0 saturated carbocycles. The molecule has 0 amide bonds.